The maximum absolute atomic E-state index is 13.0. The number of aromatic nitrogens is 1. The fourth-order valence-corrected chi connectivity index (χ4v) is 4.71. The molecule has 2 aliphatic heterocycles. The van der Waals surface area contributed by atoms with Crippen LogP contribution < -0.4 is 10.6 Å². The zero-order valence-corrected chi connectivity index (χ0v) is 23.3. The van der Waals surface area contributed by atoms with Gasteiger partial charge in [0, 0.05) is 18.8 Å². The van der Waals surface area contributed by atoms with Crippen LogP contribution in [0.1, 0.15) is 77.0 Å². The second-order valence-corrected chi connectivity index (χ2v) is 11.0. The fraction of sp³-hybridized carbons (Fsp3) is 0.714. The zero-order chi connectivity index (χ0) is 27.5. The van der Waals surface area contributed by atoms with Crippen molar-refractivity contribution in [2.45, 2.75) is 96.2 Å². The molecule has 0 saturated carbocycles. The second-order valence-electron chi connectivity index (χ2n) is 11.0. The van der Waals surface area contributed by atoms with Crippen LogP contribution in [0, 0.1) is 0 Å². The minimum atomic E-state index is -0.863. The van der Waals surface area contributed by atoms with Gasteiger partial charge in [0.25, 0.3) is 0 Å². The van der Waals surface area contributed by atoms with Crippen LogP contribution in [0.2, 0.25) is 0 Å². The van der Waals surface area contributed by atoms with Crippen LogP contribution in [0.25, 0.3) is 0 Å². The smallest absolute Gasteiger partial charge is 0.411 e. The average molecular weight is 533 g/mol. The molecule has 3 heterocycles. The molecular formula is C28H44N4O6. The summed E-state index contributed by atoms with van der Waals surface area (Å²) in [5.41, 5.74) is 1.75. The Labute approximate surface area is 226 Å². The first kappa shape index (κ1) is 29.7. The Morgan fingerprint density at radius 3 is 2.71 bits per heavy atom. The van der Waals surface area contributed by atoms with Gasteiger partial charge in [-0.2, -0.15) is 0 Å². The van der Waals surface area contributed by atoms with Crippen LogP contribution in [0.4, 0.5) is 10.6 Å². The lowest BCUT2D eigenvalue weighted by Crippen LogP contribution is -2.58. The number of esters is 1. The molecule has 10 nitrogen and oxygen atoms in total. The number of fused-ring (bicyclic) bond motifs is 1. The third kappa shape index (κ3) is 9.15. The summed E-state index contributed by atoms with van der Waals surface area (Å²) in [5.74, 6) is 0.0997. The first-order valence-electron chi connectivity index (χ1n) is 13.9. The highest BCUT2D eigenvalue weighted by Gasteiger charge is 2.37. The molecule has 1 aromatic rings. The number of nitrogens with zero attached hydrogens (tertiary/aromatic N) is 2. The predicted octanol–water partition coefficient (Wildman–Crippen LogP) is 3.62. The molecule has 2 atom stereocenters. The maximum Gasteiger partial charge on any atom is 0.411 e. The topological polar surface area (TPSA) is 119 Å². The molecular weight excluding hydrogens is 488 g/mol. The second kappa shape index (κ2) is 14.3. The molecule has 212 valence electrons. The van der Waals surface area contributed by atoms with Crippen molar-refractivity contribution in [3.05, 3.63) is 23.4 Å². The van der Waals surface area contributed by atoms with Crippen molar-refractivity contribution in [3.8, 4) is 0 Å². The van der Waals surface area contributed by atoms with Crippen molar-refractivity contribution in [2.24, 2.45) is 0 Å². The van der Waals surface area contributed by atoms with Crippen molar-refractivity contribution in [2.75, 3.05) is 38.7 Å². The van der Waals surface area contributed by atoms with Crippen LogP contribution in [-0.2, 0) is 36.6 Å². The number of anilines is 1. The van der Waals surface area contributed by atoms with E-state index in [0.717, 1.165) is 69.4 Å². The molecule has 0 spiro atoms. The van der Waals surface area contributed by atoms with E-state index in [1.54, 1.807) is 20.8 Å². The number of rotatable bonds is 11. The van der Waals surface area contributed by atoms with Crippen LogP contribution in [0.5, 0.6) is 0 Å². The number of aryl methyl sites for hydroxylation is 2. The highest BCUT2D eigenvalue weighted by molar-refractivity contribution is 5.90. The van der Waals surface area contributed by atoms with Gasteiger partial charge in [0.05, 0.1) is 20.3 Å². The molecule has 2 aliphatic rings. The van der Waals surface area contributed by atoms with E-state index < -0.39 is 35.7 Å². The highest BCUT2D eigenvalue weighted by Crippen LogP contribution is 2.21. The normalized spacial score (nSPS) is 18.1. The van der Waals surface area contributed by atoms with Crippen molar-refractivity contribution >= 4 is 23.8 Å². The Morgan fingerprint density at radius 1 is 1.18 bits per heavy atom. The predicted molar refractivity (Wildman–Crippen MR) is 144 cm³/mol. The largest absolute Gasteiger partial charge is 0.467 e. The summed E-state index contributed by atoms with van der Waals surface area (Å²) < 4.78 is 15.8. The molecule has 3 rings (SSSR count). The molecule has 1 fully saturated rings. The molecule has 2 amide bonds. The number of pyridine rings is 1. The van der Waals surface area contributed by atoms with Gasteiger partial charge in [0.15, 0.2) is 0 Å². The lowest BCUT2D eigenvalue weighted by molar-refractivity contribution is -0.147. The van der Waals surface area contributed by atoms with Crippen molar-refractivity contribution in [1.29, 1.82) is 0 Å². The fourth-order valence-electron chi connectivity index (χ4n) is 4.71. The van der Waals surface area contributed by atoms with Gasteiger partial charge in [-0.15, -0.1) is 0 Å². The number of amides is 2. The molecule has 38 heavy (non-hydrogen) atoms. The lowest BCUT2D eigenvalue weighted by atomic mass is 10.0. The molecule has 0 bridgehead atoms. The van der Waals surface area contributed by atoms with Crippen molar-refractivity contribution in [1.82, 2.24) is 15.2 Å². The Balaban J connectivity index is 1.41. The molecule has 1 saturated heterocycles. The van der Waals surface area contributed by atoms with Crippen LogP contribution in [0.15, 0.2) is 12.1 Å². The number of hydrogen-bond donors (Lipinski definition) is 2. The Bertz CT molecular complexity index is 948. The SMILES string of the molecule is COC(=O)C(CCCCCCCc1ccc2c(n1)NCCC2)NC(=O)C1COCCN1C(=O)OC(C)(C)C. The number of methoxy groups -OCH3 is 1. The molecule has 2 unspecified atom stereocenters. The number of ether oxygens (including phenoxy) is 3. The molecule has 0 aliphatic carbocycles. The van der Waals surface area contributed by atoms with Crippen molar-refractivity contribution < 1.29 is 28.6 Å². The standard InChI is InChI=1S/C28H44N4O6/c1-28(2,3)38-27(35)32-17-18-37-19-23(32)25(33)31-22(26(34)36-4)13-9-7-5-6-8-12-21-15-14-20-11-10-16-29-24(20)30-21/h14-15,22-23H,5-13,16-19H2,1-4H3,(H,29,30)(H,31,33). The van der Waals surface area contributed by atoms with Gasteiger partial charge >= 0.3 is 12.1 Å². The van der Waals surface area contributed by atoms with Gasteiger partial charge in [0.1, 0.15) is 23.5 Å². The number of carbonyl (C=O) groups is 3. The minimum absolute atomic E-state index is 0.0497. The zero-order valence-electron chi connectivity index (χ0n) is 23.3. The minimum Gasteiger partial charge on any atom is -0.467 e. The van der Waals surface area contributed by atoms with Gasteiger partial charge in [-0.3, -0.25) is 9.69 Å². The van der Waals surface area contributed by atoms with Gasteiger partial charge in [-0.25, -0.2) is 14.6 Å². The monoisotopic (exact) mass is 532 g/mol. The highest BCUT2D eigenvalue weighted by atomic mass is 16.6. The molecule has 2 N–H and O–H groups in total. The van der Waals surface area contributed by atoms with Gasteiger partial charge in [-0.05, 0) is 64.5 Å². The van der Waals surface area contributed by atoms with E-state index in [1.807, 2.05) is 0 Å². The Morgan fingerprint density at radius 2 is 1.95 bits per heavy atom. The summed E-state index contributed by atoms with van der Waals surface area (Å²) in [6, 6.07) is 2.69. The van der Waals surface area contributed by atoms with Gasteiger partial charge in [-0.1, -0.05) is 31.7 Å². The first-order valence-corrected chi connectivity index (χ1v) is 13.9. The molecule has 10 heteroatoms. The van der Waals surface area contributed by atoms with Crippen LogP contribution in [-0.4, -0.2) is 79.0 Å². The Hall–Kier alpha value is -2.88. The third-order valence-electron chi connectivity index (χ3n) is 6.74. The van der Waals surface area contributed by atoms with E-state index in [0.29, 0.717) is 13.0 Å². The van der Waals surface area contributed by atoms with E-state index in [1.165, 1.54) is 17.6 Å². The lowest BCUT2D eigenvalue weighted by Gasteiger charge is -2.36. The number of hydrogen-bond acceptors (Lipinski definition) is 8. The number of unbranched alkanes of at least 4 members (excludes halogenated alkanes) is 4. The summed E-state index contributed by atoms with van der Waals surface area (Å²) in [6.45, 7) is 6.93. The van der Waals surface area contributed by atoms with Gasteiger partial charge in [0.2, 0.25) is 5.91 Å². The van der Waals surface area contributed by atoms with E-state index >= 15 is 0 Å². The summed E-state index contributed by atoms with van der Waals surface area (Å²) in [5, 5.41) is 6.16. The molecule has 1 aromatic heterocycles. The molecule has 0 radical (unpaired) electrons. The van der Waals surface area contributed by atoms with Crippen LogP contribution in [0.3, 0.4) is 0 Å². The number of morpholine rings is 1. The summed E-state index contributed by atoms with van der Waals surface area (Å²) >= 11 is 0. The van der Waals surface area contributed by atoms with E-state index in [9.17, 15) is 14.4 Å². The number of carbonyl (C=O) groups excluding carboxylic acids is 3. The molecule has 0 aromatic carbocycles. The van der Waals surface area contributed by atoms with Crippen LogP contribution >= 0.6 is 0 Å². The number of nitrogens with one attached hydrogen (secondary N) is 2. The quantitative estimate of drug-likeness (QED) is 0.328. The summed E-state index contributed by atoms with van der Waals surface area (Å²) in [6.07, 6.45) is 8.00. The third-order valence-corrected chi connectivity index (χ3v) is 6.74. The Kier molecular flexibility index (Phi) is 11.2. The van der Waals surface area contributed by atoms with Crippen molar-refractivity contribution in [3.63, 3.8) is 0 Å². The van der Waals surface area contributed by atoms with E-state index in [2.05, 4.69) is 22.8 Å². The summed E-state index contributed by atoms with van der Waals surface area (Å²) in [4.78, 5) is 44.2. The van der Waals surface area contributed by atoms with Gasteiger partial charge < -0.3 is 24.8 Å². The van der Waals surface area contributed by atoms with E-state index in [4.69, 9.17) is 19.2 Å². The average Bonchev–Trinajstić information content (AvgIpc) is 2.90. The summed E-state index contributed by atoms with van der Waals surface area (Å²) in [7, 11) is 1.31. The first-order chi connectivity index (χ1) is 18.2. The maximum atomic E-state index is 13.0. The van der Waals surface area contributed by atoms with E-state index in [-0.39, 0.29) is 13.2 Å².